The molecule has 0 atom stereocenters. The van der Waals surface area contributed by atoms with Crippen LogP contribution in [0.2, 0.25) is 0 Å². The van der Waals surface area contributed by atoms with Gasteiger partial charge in [-0.1, -0.05) is 34.6 Å². The number of nitrogens with zero attached hydrogens (tertiary/aromatic N) is 2. The van der Waals surface area contributed by atoms with E-state index in [0.29, 0.717) is 5.65 Å². The molecule has 2 aromatic heterocycles. The second-order valence-corrected chi connectivity index (χ2v) is 5.79. The Hall–Kier alpha value is -1.58. The van der Waals surface area contributed by atoms with Crippen LogP contribution in [0, 0.1) is 0 Å². The van der Waals surface area contributed by atoms with Crippen molar-refractivity contribution in [3.8, 4) is 0 Å². The number of hydrogen-bond acceptors (Lipinski definition) is 2. The van der Waals surface area contributed by atoms with Gasteiger partial charge < -0.3 is 0 Å². The van der Waals surface area contributed by atoms with Crippen molar-refractivity contribution >= 4 is 5.65 Å². The first-order valence-corrected chi connectivity index (χ1v) is 5.92. The predicted octanol–water partition coefficient (Wildman–Crippen LogP) is 2.44. The van der Waals surface area contributed by atoms with E-state index in [1.54, 1.807) is 6.07 Å². The second kappa shape index (κ2) is 3.72. The van der Waals surface area contributed by atoms with Crippen LogP contribution < -0.4 is 5.56 Å². The molecule has 0 bridgehead atoms. The van der Waals surface area contributed by atoms with Gasteiger partial charge >= 0.3 is 0 Å². The Balaban J connectivity index is 2.70. The summed E-state index contributed by atoms with van der Waals surface area (Å²) in [5, 5.41) is 3.04. The maximum absolute atomic E-state index is 12.0. The van der Waals surface area contributed by atoms with E-state index in [1.165, 1.54) is 4.52 Å². The Morgan fingerprint density at radius 2 is 1.94 bits per heavy atom. The molecule has 0 spiro atoms. The van der Waals surface area contributed by atoms with Crippen LogP contribution >= 0.6 is 0 Å². The highest BCUT2D eigenvalue weighted by Gasteiger charge is 2.17. The lowest BCUT2D eigenvalue weighted by atomic mass is 9.88. The van der Waals surface area contributed by atoms with Crippen molar-refractivity contribution in [1.82, 2.24) is 14.6 Å². The molecule has 17 heavy (non-hydrogen) atoms. The summed E-state index contributed by atoms with van der Waals surface area (Å²) in [5.41, 5.74) is 1.63. The first kappa shape index (κ1) is 11.9. The first-order valence-electron chi connectivity index (χ1n) is 5.92. The number of rotatable bonds is 1. The van der Waals surface area contributed by atoms with E-state index in [4.69, 9.17) is 0 Å². The molecule has 2 heterocycles. The highest BCUT2D eigenvalue weighted by atomic mass is 16.1. The fraction of sp³-hybridized carbons (Fsp3) is 0.538. The van der Waals surface area contributed by atoms with E-state index in [-0.39, 0.29) is 16.9 Å². The molecule has 92 valence electrons. The molecular formula is C13H19N3O. The normalized spacial score (nSPS) is 12.6. The van der Waals surface area contributed by atoms with Crippen LogP contribution in [0.15, 0.2) is 16.9 Å². The van der Waals surface area contributed by atoms with Gasteiger partial charge in [0.25, 0.3) is 5.56 Å². The van der Waals surface area contributed by atoms with Gasteiger partial charge in [0.1, 0.15) is 5.82 Å². The highest BCUT2D eigenvalue weighted by Crippen LogP contribution is 2.21. The van der Waals surface area contributed by atoms with Gasteiger partial charge in [-0.25, -0.2) is 9.50 Å². The van der Waals surface area contributed by atoms with Gasteiger partial charge in [-0.3, -0.25) is 9.89 Å². The van der Waals surface area contributed by atoms with E-state index in [9.17, 15) is 4.79 Å². The topological polar surface area (TPSA) is 50.2 Å². The van der Waals surface area contributed by atoms with Gasteiger partial charge in [-0.05, 0) is 17.0 Å². The lowest BCUT2D eigenvalue weighted by molar-refractivity contribution is 0.588. The molecule has 4 heteroatoms. The number of fused-ring (bicyclic) bond motifs is 1. The fourth-order valence-electron chi connectivity index (χ4n) is 1.70. The quantitative estimate of drug-likeness (QED) is 0.822. The summed E-state index contributed by atoms with van der Waals surface area (Å²) in [6.07, 6.45) is 0. The minimum Gasteiger partial charge on any atom is -0.276 e. The molecule has 0 aliphatic carbocycles. The van der Waals surface area contributed by atoms with Crippen LogP contribution in [0.5, 0.6) is 0 Å². The largest absolute Gasteiger partial charge is 0.276 e. The van der Waals surface area contributed by atoms with Crippen LogP contribution in [0.3, 0.4) is 0 Å². The molecule has 0 radical (unpaired) electrons. The van der Waals surface area contributed by atoms with Crippen LogP contribution in [0.4, 0.5) is 0 Å². The molecule has 4 nitrogen and oxygen atoms in total. The van der Waals surface area contributed by atoms with Crippen LogP contribution in [0.1, 0.15) is 51.9 Å². The van der Waals surface area contributed by atoms with Crippen molar-refractivity contribution in [2.75, 3.05) is 0 Å². The van der Waals surface area contributed by atoms with Crippen molar-refractivity contribution in [2.45, 2.75) is 46.0 Å². The number of nitrogens with one attached hydrogen (secondary N) is 1. The second-order valence-electron chi connectivity index (χ2n) is 5.79. The Labute approximate surface area is 101 Å². The van der Waals surface area contributed by atoms with Crippen molar-refractivity contribution in [3.05, 3.63) is 33.9 Å². The van der Waals surface area contributed by atoms with E-state index >= 15 is 0 Å². The van der Waals surface area contributed by atoms with E-state index < -0.39 is 0 Å². The lowest BCUT2D eigenvalue weighted by Gasteiger charge is -2.18. The number of H-pyrrole nitrogens is 1. The minimum atomic E-state index is -0.0492. The third kappa shape index (κ3) is 2.12. The molecule has 0 unspecified atom stereocenters. The van der Waals surface area contributed by atoms with Crippen molar-refractivity contribution in [1.29, 1.82) is 0 Å². The van der Waals surface area contributed by atoms with E-state index in [2.05, 4.69) is 30.9 Å². The summed E-state index contributed by atoms with van der Waals surface area (Å²) in [7, 11) is 0. The monoisotopic (exact) mass is 233 g/mol. The highest BCUT2D eigenvalue weighted by molar-refractivity contribution is 5.42. The zero-order valence-corrected chi connectivity index (χ0v) is 11.0. The van der Waals surface area contributed by atoms with Crippen molar-refractivity contribution < 1.29 is 0 Å². The maximum Gasteiger partial charge on any atom is 0.271 e. The molecule has 2 rings (SSSR count). The molecule has 1 N–H and O–H groups in total. The van der Waals surface area contributed by atoms with Crippen molar-refractivity contribution in [2.24, 2.45) is 0 Å². The lowest BCUT2D eigenvalue weighted by Crippen LogP contribution is -2.19. The number of hydrogen-bond donors (Lipinski definition) is 1. The number of aromatic amines is 1. The summed E-state index contributed by atoms with van der Waals surface area (Å²) < 4.78 is 1.50. The van der Waals surface area contributed by atoms with Gasteiger partial charge in [0, 0.05) is 12.0 Å². The van der Waals surface area contributed by atoms with Gasteiger partial charge in [0.2, 0.25) is 0 Å². The average Bonchev–Trinajstić information content (AvgIpc) is 2.60. The minimum absolute atomic E-state index is 0.0369. The zero-order chi connectivity index (χ0) is 12.8. The molecule has 0 saturated heterocycles. The molecule has 0 amide bonds. The van der Waals surface area contributed by atoms with Crippen LogP contribution in [-0.2, 0) is 5.41 Å². The molecule has 0 fully saturated rings. The Bertz CT molecular complexity index is 599. The van der Waals surface area contributed by atoms with Crippen LogP contribution in [-0.4, -0.2) is 14.6 Å². The fourth-order valence-corrected chi connectivity index (χ4v) is 1.70. The molecule has 0 saturated carbocycles. The van der Waals surface area contributed by atoms with Crippen LogP contribution in [0.25, 0.3) is 5.65 Å². The van der Waals surface area contributed by atoms with Gasteiger partial charge in [0.15, 0.2) is 5.65 Å². The Morgan fingerprint density at radius 3 is 2.47 bits per heavy atom. The van der Waals surface area contributed by atoms with E-state index in [0.717, 1.165) is 11.4 Å². The summed E-state index contributed by atoms with van der Waals surface area (Å²) in [5.74, 6) is 1.13. The SMILES string of the molecule is CC(C)c1nc2cc(C(C)(C)C)cc(=O)n2[nH]1. The molecular weight excluding hydrogens is 214 g/mol. The Kier molecular flexibility index (Phi) is 2.60. The summed E-state index contributed by atoms with van der Waals surface area (Å²) in [4.78, 5) is 16.4. The van der Waals surface area contributed by atoms with E-state index in [1.807, 2.05) is 19.9 Å². The predicted molar refractivity (Wildman–Crippen MR) is 68.6 cm³/mol. The zero-order valence-electron chi connectivity index (χ0n) is 11.0. The van der Waals surface area contributed by atoms with Crippen molar-refractivity contribution in [3.63, 3.8) is 0 Å². The Morgan fingerprint density at radius 1 is 1.29 bits per heavy atom. The standard InChI is InChI=1S/C13H19N3O/c1-8(2)12-14-10-6-9(13(3,4)5)7-11(17)16(10)15-12/h6-8H,1-5H3,(H,14,15). The van der Waals surface area contributed by atoms with Gasteiger partial charge in [0.05, 0.1) is 0 Å². The summed E-state index contributed by atoms with van der Waals surface area (Å²) >= 11 is 0. The molecule has 2 aromatic rings. The molecule has 0 aliphatic heterocycles. The molecule has 0 aromatic carbocycles. The average molecular weight is 233 g/mol. The number of aromatic nitrogens is 3. The summed E-state index contributed by atoms with van der Waals surface area (Å²) in [6.45, 7) is 10.4. The summed E-state index contributed by atoms with van der Waals surface area (Å²) in [6, 6.07) is 3.65. The third-order valence-corrected chi connectivity index (χ3v) is 2.89. The number of pyridine rings is 1. The maximum atomic E-state index is 12.0. The first-order chi connectivity index (χ1) is 7.79. The smallest absolute Gasteiger partial charge is 0.271 e. The third-order valence-electron chi connectivity index (χ3n) is 2.89. The van der Waals surface area contributed by atoms with Gasteiger partial charge in [-0.15, -0.1) is 0 Å². The molecule has 0 aliphatic rings. The van der Waals surface area contributed by atoms with Gasteiger partial charge in [-0.2, -0.15) is 0 Å².